The number of nitrogens with zero attached hydrogens (tertiary/aromatic N) is 3. The SMILES string of the molecule is [B][P@@](=O)(OC[C@H]1O[C@@H]([n+]2cn(C)c3c(=O)[nH]c(N)nc32)[C@H](O)[C@@H]1O)OP(=O)([O-])CP(=O)(O)O. The molecule has 1 saturated heterocycles. The molecule has 0 aromatic carbocycles. The minimum absolute atomic E-state index is 0.00845. The van der Waals surface area contributed by atoms with E-state index in [4.69, 9.17) is 27.8 Å². The first kappa shape index (κ1) is 26.2. The first-order chi connectivity index (χ1) is 15.0. The molecule has 0 saturated carbocycles. The highest BCUT2D eigenvalue weighted by Gasteiger charge is 2.47. The van der Waals surface area contributed by atoms with Crippen LogP contribution >= 0.6 is 22.7 Å². The number of hydrogen-bond donors (Lipinski definition) is 6. The third kappa shape index (κ3) is 5.99. The van der Waals surface area contributed by atoms with E-state index in [9.17, 15) is 33.6 Å². The van der Waals surface area contributed by atoms with E-state index in [1.807, 2.05) is 0 Å². The number of ether oxygens (including phenoxy) is 1. The van der Waals surface area contributed by atoms with Gasteiger partial charge >= 0.3 is 13.2 Å². The second-order valence-corrected chi connectivity index (χ2v) is 12.8. The number of fused-ring (bicyclic) bond motifs is 1. The molecule has 3 heterocycles. The fourth-order valence-corrected chi connectivity index (χ4v) is 7.58. The van der Waals surface area contributed by atoms with Gasteiger partial charge in [-0.05, 0) is 0 Å². The predicted molar refractivity (Wildman–Crippen MR) is 107 cm³/mol. The molecule has 0 aliphatic carbocycles. The summed E-state index contributed by atoms with van der Waals surface area (Å²) in [6, 6.07) is 0. The molecule has 1 aliphatic heterocycles. The zero-order chi connectivity index (χ0) is 24.9. The summed E-state index contributed by atoms with van der Waals surface area (Å²) in [5.41, 5.74) is 5.06. The number of nitrogens with one attached hydrogen (secondary N) is 1. The maximum atomic E-state index is 12.1. The van der Waals surface area contributed by atoms with Crippen molar-refractivity contribution >= 4 is 47.3 Å². The summed E-state index contributed by atoms with van der Waals surface area (Å²) in [5.74, 6) is -1.99. The monoisotopic (exact) mass is 529 g/mol. The van der Waals surface area contributed by atoms with Crippen LogP contribution in [0.25, 0.3) is 11.2 Å². The zero-order valence-electron chi connectivity index (χ0n) is 16.7. The van der Waals surface area contributed by atoms with E-state index in [1.54, 1.807) is 0 Å². The second-order valence-electron chi connectivity index (χ2n) is 7.14. The highest BCUT2D eigenvalue weighted by Crippen LogP contribution is 2.62. The van der Waals surface area contributed by atoms with E-state index in [2.05, 4.69) is 18.8 Å². The third-order valence-corrected chi connectivity index (χ3v) is 9.69. The highest BCUT2D eigenvalue weighted by atomic mass is 31.3. The van der Waals surface area contributed by atoms with Gasteiger partial charge in [0.05, 0.1) is 13.7 Å². The fraction of sp³-hybridized carbons (Fsp3) is 0.583. The van der Waals surface area contributed by atoms with Crippen molar-refractivity contribution in [1.82, 2.24) is 14.5 Å². The van der Waals surface area contributed by atoms with Crippen LogP contribution in [0.1, 0.15) is 6.23 Å². The molecule has 1 aliphatic rings. The summed E-state index contributed by atoms with van der Waals surface area (Å²) in [4.78, 5) is 47.5. The van der Waals surface area contributed by atoms with Crippen molar-refractivity contribution in [3.05, 3.63) is 16.7 Å². The van der Waals surface area contributed by atoms with Crippen LogP contribution in [0.15, 0.2) is 11.1 Å². The van der Waals surface area contributed by atoms with Gasteiger partial charge in [-0.1, -0.05) is 4.98 Å². The Hall–Kier alpha value is -1.42. The normalized spacial score (nSPS) is 27.5. The van der Waals surface area contributed by atoms with Crippen LogP contribution in [0.3, 0.4) is 0 Å². The first-order valence-corrected chi connectivity index (χ1v) is 14.0. The number of aryl methyl sites for hydroxylation is 1. The smallest absolute Gasteiger partial charge is 0.333 e. The Morgan fingerprint density at radius 2 is 2.00 bits per heavy atom. The standard InChI is InChI=1S/C12H19BN5O12P3/c1-17-3-18(9-6(17)10(21)16-12(14)15-9)11-8(20)7(19)5(29-11)2-28-33(13,27)30-32(25,26)4-31(22,23)24/h3,5,7-8,11,19-20H,2,4H2,1H3,(H5-,14,15,16,21,22,23,24,25,26)/t5-,7-,8-,11-,33-/m1/s1. The zero-order valence-corrected chi connectivity index (χ0v) is 19.4. The van der Waals surface area contributed by atoms with Crippen molar-refractivity contribution < 1.29 is 56.7 Å². The number of anilines is 1. The largest absolute Gasteiger partial charge is 0.778 e. The molecule has 21 heteroatoms. The van der Waals surface area contributed by atoms with Crippen LogP contribution in [0.4, 0.5) is 5.95 Å². The Balaban J connectivity index is 1.76. The van der Waals surface area contributed by atoms with Crippen molar-refractivity contribution in [2.24, 2.45) is 7.05 Å². The van der Waals surface area contributed by atoms with Crippen molar-refractivity contribution in [3.8, 4) is 0 Å². The van der Waals surface area contributed by atoms with Gasteiger partial charge in [0.2, 0.25) is 19.3 Å². The van der Waals surface area contributed by atoms with Crippen LogP contribution in [-0.4, -0.2) is 72.9 Å². The van der Waals surface area contributed by atoms with E-state index in [1.165, 1.54) is 22.5 Å². The van der Waals surface area contributed by atoms with Crippen LogP contribution in [0.2, 0.25) is 0 Å². The van der Waals surface area contributed by atoms with E-state index in [-0.39, 0.29) is 17.1 Å². The van der Waals surface area contributed by atoms with E-state index >= 15 is 0 Å². The summed E-state index contributed by atoms with van der Waals surface area (Å²) in [6.45, 7) is -0.847. The molecule has 2 aromatic heterocycles. The average molecular weight is 529 g/mol. The minimum Gasteiger partial charge on any atom is -0.778 e. The minimum atomic E-state index is -5.36. The molecule has 33 heavy (non-hydrogen) atoms. The Bertz CT molecular complexity index is 1260. The van der Waals surface area contributed by atoms with Gasteiger partial charge in [0.25, 0.3) is 19.0 Å². The second kappa shape index (κ2) is 8.98. The molecule has 1 fully saturated rings. The highest BCUT2D eigenvalue weighted by molar-refractivity contribution is 7.85. The van der Waals surface area contributed by atoms with E-state index < -0.39 is 65.3 Å². The molecular formula is C12H19BN5O12P3. The number of nitrogen functional groups attached to an aromatic ring is 1. The Morgan fingerprint density at radius 1 is 1.36 bits per heavy atom. The van der Waals surface area contributed by atoms with Crippen molar-refractivity contribution in [2.75, 3.05) is 18.2 Å². The number of imidazole rings is 1. The van der Waals surface area contributed by atoms with Gasteiger partial charge in [-0.2, -0.15) is 0 Å². The van der Waals surface area contributed by atoms with Gasteiger partial charge in [-0.25, -0.2) is 4.57 Å². The number of nitrogens with two attached hydrogens (primary N) is 1. The van der Waals surface area contributed by atoms with Gasteiger partial charge < -0.3 is 44.5 Å². The number of aliphatic hydroxyl groups is 2. The molecule has 182 valence electrons. The maximum Gasteiger partial charge on any atom is 0.333 e. The lowest BCUT2D eigenvalue weighted by molar-refractivity contribution is -0.745. The molecule has 0 bridgehead atoms. The van der Waals surface area contributed by atoms with E-state index in [0.717, 1.165) is 0 Å². The van der Waals surface area contributed by atoms with Gasteiger partial charge in [0.1, 0.15) is 24.2 Å². The predicted octanol–water partition coefficient (Wildman–Crippen LogP) is -3.25. The van der Waals surface area contributed by atoms with Crippen LogP contribution in [-0.2, 0) is 34.3 Å². The lowest BCUT2D eigenvalue weighted by atomic mass is 10.1. The Morgan fingerprint density at radius 3 is 2.61 bits per heavy atom. The van der Waals surface area contributed by atoms with Crippen LogP contribution in [0.5, 0.6) is 0 Å². The molecule has 2 radical (unpaired) electrons. The number of H-pyrrole nitrogens is 1. The molecule has 7 N–H and O–H groups in total. The first-order valence-electron chi connectivity index (χ1n) is 8.86. The van der Waals surface area contributed by atoms with Gasteiger partial charge in [0, 0.05) is 0 Å². The van der Waals surface area contributed by atoms with Gasteiger partial charge in [-0.15, -0.1) is 0 Å². The number of aliphatic hydroxyl groups excluding tert-OH is 2. The molecule has 6 atom stereocenters. The number of hydrogen-bond acceptors (Lipinski definition) is 12. The summed E-state index contributed by atoms with van der Waals surface area (Å²) in [7, 11) is -8.69. The summed E-state index contributed by atoms with van der Waals surface area (Å²) in [5, 5.41) is 20.7. The summed E-state index contributed by atoms with van der Waals surface area (Å²) < 4.78 is 51.4. The van der Waals surface area contributed by atoms with Crippen LogP contribution in [0, 0.1) is 0 Å². The molecular weight excluding hydrogens is 510 g/mol. The molecule has 0 spiro atoms. The topological polar surface area (TPSA) is 263 Å². The fourth-order valence-electron chi connectivity index (χ4n) is 3.18. The Kier molecular flexibility index (Phi) is 7.13. The van der Waals surface area contributed by atoms with Crippen molar-refractivity contribution in [3.63, 3.8) is 0 Å². The lowest BCUT2D eigenvalue weighted by Gasteiger charge is -2.27. The molecule has 2 aromatic rings. The van der Waals surface area contributed by atoms with E-state index in [0.29, 0.717) is 0 Å². The number of aromatic amines is 1. The maximum absolute atomic E-state index is 12.1. The molecule has 3 rings (SSSR count). The van der Waals surface area contributed by atoms with Crippen molar-refractivity contribution in [2.45, 2.75) is 24.5 Å². The number of rotatable bonds is 8. The van der Waals surface area contributed by atoms with Crippen LogP contribution < -0.4 is 20.8 Å². The average Bonchev–Trinajstić information content (AvgIpc) is 3.07. The number of aromatic nitrogens is 4. The third-order valence-electron chi connectivity index (χ3n) is 4.42. The van der Waals surface area contributed by atoms with Crippen molar-refractivity contribution in [1.29, 1.82) is 0 Å². The molecule has 17 nitrogen and oxygen atoms in total. The molecule has 1 unspecified atom stereocenters. The quantitative estimate of drug-likeness (QED) is 0.111. The van der Waals surface area contributed by atoms with Gasteiger partial charge in [-0.3, -0.25) is 27.8 Å². The summed E-state index contributed by atoms with van der Waals surface area (Å²) >= 11 is 0. The summed E-state index contributed by atoms with van der Waals surface area (Å²) in [6.07, 6.45) is -4.69. The van der Waals surface area contributed by atoms with Gasteiger partial charge in [0.15, 0.2) is 13.9 Å². The Labute approximate surface area is 185 Å². The molecule has 0 amide bonds. The lowest BCUT2D eigenvalue weighted by Crippen LogP contribution is -2.46.